The molecular formula is C18H20FNO5S. The zero-order valence-corrected chi connectivity index (χ0v) is 15.8. The highest BCUT2D eigenvalue weighted by molar-refractivity contribution is 7.92. The van der Waals surface area contributed by atoms with Gasteiger partial charge in [0.1, 0.15) is 0 Å². The fraction of sp³-hybridized carbons (Fsp3) is 0.278. The molecule has 0 aliphatic carbocycles. The largest absolute Gasteiger partial charge is 0.494 e. The summed E-state index contributed by atoms with van der Waals surface area (Å²) >= 11 is 0. The van der Waals surface area contributed by atoms with Gasteiger partial charge in [0.25, 0.3) is 10.0 Å². The van der Waals surface area contributed by atoms with Crippen LogP contribution in [0.2, 0.25) is 0 Å². The van der Waals surface area contributed by atoms with Gasteiger partial charge in [0.05, 0.1) is 29.9 Å². The molecule has 0 bridgehead atoms. The molecule has 0 amide bonds. The Morgan fingerprint density at radius 3 is 2.42 bits per heavy atom. The average molecular weight is 381 g/mol. The molecule has 0 atom stereocenters. The number of esters is 1. The van der Waals surface area contributed by atoms with Crippen LogP contribution in [0.1, 0.15) is 22.8 Å². The number of ether oxygens (including phenoxy) is 2. The van der Waals surface area contributed by atoms with Crippen molar-refractivity contribution in [2.75, 3.05) is 25.1 Å². The van der Waals surface area contributed by atoms with Crippen LogP contribution in [0.4, 0.5) is 10.1 Å². The molecule has 0 saturated carbocycles. The number of hydrogen-bond acceptors (Lipinski definition) is 5. The Kier molecular flexibility index (Phi) is 5.86. The Labute approximate surface area is 152 Å². The zero-order chi connectivity index (χ0) is 19.5. The lowest BCUT2D eigenvalue weighted by Crippen LogP contribution is -2.27. The molecule has 0 saturated heterocycles. The van der Waals surface area contributed by atoms with Crippen LogP contribution in [0.3, 0.4) is 0 Å². The summed E-state index contributed by atoms with van der Waals surface area (Å²) in [4.78, 5) is 11.6. The molecule has 0 unspecified atom stereocenters. The smallest absolute Gasteiger partial charge is 0.338 e. The summed E-state index contributed by atoms with van der Waals surface area (Å²) in [6, 6.07) is 7.99. The van der Waals surface area contributed by atoms with Crippen LogP contribution in [-0.2, 0) is 14.8 Å². The molecule has 0 aliphatic heterocycles. The van der Waals surface area contributed by atoms with Crippen LogP contribution in [-0.4, -0.2) is 35.2 Å². The summed E-state index contributed by atoms with van der Waals surface area (Å²) < 4.78 is 50.2. The molecule has 0 heterocycles. The van der Waals surface area contributed by atoms with Crippen LogP contribution < -0.4 is 9.04 Å². The van der Waals surface area contributed by atoms with Crippen molar-refractivity contribution in [1.29, 1.82) is 0 Å². The molecular weight excluding hydrogens is 361 g/mol. The summed E-state index contributed by atoms with van der Waals surface area (Å²) in [5.74, 6) is -1.29. The fourth-order valence-corrected chi connectivity index (χ4v) is 3.72. The van der Waals surface area contributed by atoms with Crippen LogP contribution in [0, 0.1) is 12.7 Å². The SMILES string of the molecule is CCOC(=O)c1ccc(N(C)S(=O)(=O)c2ccc(OC)c(F)c2)c(C)c1. The van der Waals surface area contributed by atoms with E-state index in [9.17, 15) is 17.6 Å². The predicted octanol–water partition coefficient (Wildman–Crippen LogP) is 3.14. The molecule has 6 nitrogen and oxygen atoms in total. The van der Waals surface area contributed by atoms with Gasteiger partial charge >= 0.3 is 5.97 Å². The van der Waals surface area contributed by atoms with E-state index in [-0.39, 0.29) is 17.3 Å². The normalized spacial score (nSPS) is 11.1. The maximum atomic E-state index is 13.9. The van der Waals surface area contributed by atoms with Crippen molar-refractivity contribution in [3.63, 3.8) is 0 Å². The molecule has 0 N–H and O–H groups in total. The van der Waals surface area contributed by atoms with Crippen molar-refractivity contribution in [3.8, 4) is 5.75 Å². The molecule has 2 aromatic rings. The summed E-state index contributed by atoms with van der Waals surface area (Å²) in [5, 5.41) is 0. The van der Waals surface area contributed by atoms with Gasteiger partial charge < -0.3 is 9.47 Å². The number of benzene rings is 2. The van der Waals surface area contributed by atoms with Gasteiger partial charge in [-0.2, -0.15) is 0 Å². The van der Waals surface area contributed by atoms with Gasteiger partial charge in [0.2, 0.25) is 0 Å². The minimum atomic E-state index is -3.98. The lowest BCUT2D eigenvalue weighted by Gasteiger charge is -2.22. The van der Waals surface area contributed by atoms with Gasteiger partial charge in [-0.1, -0.05) is 0 Å². The minimum Gasteiger partial charge on any atom is -0.494 e. The molecule has 8 heteroatoms. The molecule has 0 radical (unpaired) electrons. The first-order chi connectivity index (χ1) is 12.2. The predicted molar refractivity (Wildman–Crippen MR) is 95.7 cm³/mol. The van der Waals surface area contributed by atoms with E-state index in [4.69, 9.17) is 9.47 Å². The number of rotatable bonds is 6. The highest BCUT2D eigenvalue weighted by atomic mass is 32.2. The van der Waals surface area contributed by atoms with Crippen molar-refractivity contribution in [2.45, 2.75) is 18.7 Å². The fourth-order valence-electron chi connectivity index (χ4n) is 2.45. The first-order valence-electron chi connectivity index (χ1n) is 7.82. The van der Waals surface area contributed by atoms with Crippen molar-refractivity contribution in [1.82, 2.24) is 0 Å². The summed E-state index contributed by atoms with van der Waals surface area (Å²) in [7, 11) is -1.32. The van der Waals surface area contributed by atoms with E-state index in [0.29, 0.717) is 16.8 Å². The number of sulfonamides is 1. The monoisotopic (exact) mass is 381 g/mol. The topological polar surface area (TPSA) is 72.9 Å². The lowest BCUT2D eigenvalue weighted by atomic mass is 10.1. The van der Waals surface area contributed by atoms with Crippen molar-refractivity contribution in [3.05, 3.63) is 53.3 Å². The third-order valence-corrected chi connectivity index (χ3v) is 5.60. The van der Waals surface area contributed by atoms with Gasteiger partial charge in [-0.05, 0) is 55.8 Å². The quantitative estimate of drug-likeness (QED) is 0.719. The number of aryl methyl sites for hydroxylation is 1. The highest BCUT2D eigenvalue weighted by Crippen LogP contribution is 2.28. The second kappa shape index (κ2) is 7.74. The van der Waals surface area contributed by atoms with Gasteiger partial charge in [0, 0.05) is 7.05 Å². The number of halogens is 1. The van der Waals surface area contributed by atoms with Crippen molar-refractivity contribution >= 4 is 21.7 Å². The Balaban J connectivity index is 2.39. The Hall–Kier alpha value is -2.61. The number of nitrogens with zero attached hydrogens (tertiary/aromatic N) is 1. The van der Waals surface area contributed by atoms with E-state index in [2.05, 4.69) is 0 Å². The van der Waals surface area contributed by atoms with E-state index >= 15 is 0 Å². The van der Waals surface area contributed by atoms with Crippen LogP contribution in [0.15, 0.2) is 41.3 Å². The van der Waals surface area contributed by atoms with Gasteiger partial charge in [0.15, 0.2) is 11.6 Å². The van der Waals surface area contributed by atoms with E-state index in [0.717, 1.165) is 10.4 Å². The van der Waals surface area contributed by atoms with Crippen LogP contribution >= 0.6 is 0 Å². The van der Waals surface area contributed by atoms with E-state index in [1.165, 1.54) is 38.4 Å². The Morgan fingerprint density at radius 2 is 1.88 bits per heavy atom. The maximum Gasteiger partial charge on any atom is 0.338 e. The molecule has 0 spiro atoms. The van der Waals surface area contributed by atoms with Crippen molar-refractivity contribution in [2.24, 2.45) is 0 Å². The number of hydrogen-bond donors (Lipinski definition) is 0. The van der Waals surface area contributed by atoms with Gasteiger partial charge in [-0.3, -0.25) is 4.31 Å². The summed E-state index contributed by atoms with van der Waals surface area (Å²) in [5.41, 5.74) is 1.26. The Bertz CT molecular complexity index is 927. The second-order valence-corrected chi connectivity index (χ2v) is 7.46. The first kappa shape index (κ1) is 19.7. The second-order valence-electron chi connectivity index (χ2n) is 5.49. The lowest BCUT2D eigenvalue weighted by molar-refractivity contribution is 0.0526. The summed E-state index contributed by atoms with van der Waals surface area (Å²) in [6.07, 6.45) is 0. The third kappa shape index (κ3) is 3.80. The highest BCUT2D eigenvalue weighted by Gasteiger charge is 2.24. The zero-order valence-electron chi connectivity index (χ0n) is 14.9. The molecule has 0 fully saturated rings. The number of anilines is 1. The van der Waals surface area contributed by atoms with Gasteiger partial charge in [-0.25, -0.2) is 17.6 Å². The number of carbonyl (C=O) groups excluding carboxylic acids is 1. The molecule has 0 aliphatic rings. The van der Waals surface area contributed by atoms with E-state index in [1.54, 1.807) is 19.9 Å². The Morgan fingerprint density at radius 1 is 1.19 bits per heavy atom. The van der Waals surface area contributed by atoms with Crippen molar-refractivity contribution < 1.29 is 27.1 Å². The van der Waals surface area contributed by atoms with Gasteiger partial charge in [-0.15, -0.1) is 0 Å². The number of methoxy groups -OCH3 is 1. The average Bonchev–Trinajstić information content (AvgIpc) is 2.61. The number of carbonyl (C=O) groups is 1. The van der Waals surface area contributed by atoms with Crippen LogP contribution in [0.5, 0.6) is 5.75 Å². The molecule has 2 aromatic carbocycles. The molecule has 0 aromatic heterocycles. The molecule has 2 rings (SSSR count). The third-order valence-electron chi connectivity index (χ3n) is 3.83. The molecule has 140 valence electrons. The van der Waals surface area contributed by atoms with E-state index < -0.39 is 21.8 Å². The van der Waals surface area contributed by atoms with Crippen LogP contribution in [0.25, 0.3) is 0 Å². The minimum absolute atomic E-state index is 0.0402. The van der Waals surface area contributed by atoms with E-state index in [1.807, 2.05) is 0 Å². The standard InChI is InChI=1S/C18H20FNO5S/c1-5-25-18(21)13-6-8-16(12(2)10-13)20(3)26(22,23)14-7-9-17(24-4)15(19)11-14/h6-11H,5H2,1-4H3. The molecule has 26 heavy (non-hydrogen) atoms. The maximum absolute atomic E-state index is 13.9. The first-order valence-corrected chi connectivity index (χ1v) is 9.26. The summed E-state index contributed by atoms with van der Waals surface area (Å²) in [6.45, 7) is 3.63.